The fraction of sp³-hybridized carbons (Fsp3) is 0.529. The van der Waals surface area contributed by atoms with Crippen LogP contribution in [0.1, 0.15) is 44.7 Å². The zero-order valence-corrected chi connectivity index (χ0v) is 13.5. The maximum Gasteiger partial charge on any atom is 0.326 e. The molecular weight excluding hydrogens is 266 g/mol. The second kappa shape index (κ2) is 7.25. The van der Waals surface area contributed by atoms with Gasteiger partial charge in [0, 0.05) is 7.05 Å². The third-order valence-corrected chi connectivity index (χ3v) is 3.75. The molecule has 1 N–H and O–H groups in total. The summed E-state index contributed by atoms with van der Waals surface area (Å²) in [4.78, 5) is 24.7. The predicted octanol–water partition coefficient (Wildman–Crippen LogP) is 2.92. The largest absolute Gasteiger partial charge is 0.480 e. The van der Waals surface area contributed by atoms with Crippen LogP contribution in [0.2, 0.25) is 0 Å². The predicted molar refractivity (Wildman–Crippen MR) is 83.3 cm³/mol. The van der Waals surface area contributed by atoms with Gasteiger partial charge < -0.3 is 10.0 Å². The lowest BCUT2D eigenvalue weighted by molar-refractivity contribution is -0.148. The number of hydrogen-bond acceptors (Lipinski definition) is 2. The summed E-state index contributed by atoms with van der Waals surface area (Å²) in [6, 6.07) is 7.16. The van der Waals surface area contributed by atoms with Gasteiger partial charge in [-0.05, 0) is 37.3 Å². The molecule has 0 saturated carbocycles. The topological polar surface area (TPSA) is 57.6 Å². The van der Waals surface area contributed by atoms with Crippen LogP contribution in [0.15, 0.2) is 24.3 Å². The Hall–Kier alpha value is -1.84. The van der Waals surface area contributed by atoms with Crippen LogP contribution in [0.5, 0.6) is 0 Å². The van der Waals surface area contributed by atoms with Crippen molar-refractivity contribution in [2.45, 2.75) is 46.1 Å². The van der Waals surface area contributed by atoms with Crippen LogP contribution in [0.3, 0.4) is 0 Å². The molecule has 0 fully saturated rings. The number of carbonyl (C=O) groups is 2. The molecule has 2 atom stereocenters. The van der Waals surface area contributed by atoms with Gasteiger partial charge in [0.05, 0.1) is 5.92 Å². The standard InChI is InChI=1S/C17H25NO3/c1-11(2)9-14-7-6-8-15(10-14)12(3)16(19)18(5)13(4)17(20)21/h6-8,10-13H,9H2,1-5H3,(H,20,21). The van der Waals surface area contributed by atoms with E-state index >= 15 is 0 Å². The number of carbonyl (C=O) groups excluding carboxylic acids is 1. The molecule has 21 heavy (non-hydrogen) atoms. The highest BCUT2D eigenvalue weighted by atomic mass is 16.4. The summed E-state index contributed by atoms with van der Waals surface area (Å²) >= 11 is 0. The van der Waals surface area contributed by atoms with E-state index in [1.165, 1.54) is 24.4 Å². The molecule has 1 aromatic rings. The van der Waals surface area contributed by atoms with Crippen LogP contribution in [0.4, 0.5) is 0 Å². The highest BCUT2D eigenvalue weighted by molar-refractivity contribution is 5.87. The van der Waals surface area contributed by atoms with Crippen molar-refractivity contribution < 1.29 is 14.7 Å². The molecule has 4 heteroatoms. The van der Waals surface area contributed by atoms with Crippen LogP contribution in [0.25, 0.3) is 0 Å². The zero-order chi connectivity index (χ0) is 16.2. The Morgan fingerprint density at radius 3 is 2.33 bits per heavy atom. The molecule has 116 valence electrons. The summed E-state index contributed by atoms with van der Waals surface area (Å²) in [6.07, 6.45) is 0.968. The first kappa shape index (κ1) is 17.2. The number of amides is 1. The minimum atomic E-state index is -0.994. The first-order chi connectivity index (χ1) is 9.73. The Bertz CT molecular complexity index is 511. The summed E-state index contributed by atoms with van der Waals surface area (Å²) in [5, 5.41) is 9.00. The number of hydrogen-bond donors (Lipinski definition) is 1. The second-order valence-electron chi connectivity index (χ2n) is 6.03. The lowest BCUT2D eigenvalue weighted by atomic mass is 9.94. The third kappa shape index (κ3) is 4.59. The first-order valence-electron chi connectivity index (χ1n) is 7.32. The lowest BCUT2D eigenvalue weighted by Crippen LogP contribution is -2.42. The van der Waals surface area contributed by atoms with Crippen LogP contribution >= 0.6 is 0 Å². The van der Waals surface area contributed by atoms with Gasteiger partial charge >= 0.3 is 5.97 Å². The van der Waals surface area contributed by atoms with E-state index < -0.39 is 12.0 Å². The van der Waals surface area contributed by atoms with Crippen molar-refractivity contribution in [2.24, 2.45) is 5.92 Å². The van der Waals surface area contributed by atoms with Crippen molar-refractivity contribution in [2.75, 3.05) is 7.05 Å². The van der Waals surface area contributed by atoms with Gasteiger partial charge in [0.15, 0.2) is 0 Å². The number of nitrogens with zero attached hydrogens (tertiary/aromatic N) is 1. The second-order valence-corrected chi connectivity index (χ2v) is 6.03. The van der Waals surface area contributed by atoms with Gasteiger partial charge in [0.1, 0.15) is 6.04 Å². The quantitative estimate of drug-likeness (QED) is 0.876. The van der Waals surface area contributed by atoms with Gasteiger partial charge in [-0.15, -0.1) is 0 Å². The molecule has 0 aromatic heterocycles. The van der Waals surface area contributed by atoms with Crippen LogP contribution in [0, 0.1) is 5.92 Å². The van der Waals surface area contributed by atoms with E-state index in [0.29, 0.717) is 5.92 Å². The van der Waals surface area contributed by atoms with Gasteiger partial charge in [0.2, 0.25) is 5.91 Å². The Kier molecular flexibility index (Phi) is 5.94. The average Bonchev–Trinajstić information content (AvgIpc) is 2.43. The summed E-state index contributed by atoms with van der Waals surface area (Å²) in [7, 11) is 1.54. The third-order valence-electron chi connectivity index (χ3n) is 3.75. The highest BCUT2D eigenvalue weighted by Gasteiger charge is 2.26. The maximum absolute atomic E-state index is 12.4. The van der Waals surface area contributed by atoms with Gasteiger partial charge in [-0.2, -0.15) is 0 Å². The van der Waals surface area contributed by atoms with Crippen LogP contribution in [-0.4, -0.2) is 35.0 Å². The molecule has 0 aliphatic rings. The minimum absolute atomic E-state index is 0.174. The molecule has 0 bridgehead atoms. The van der Waals surface area contributed by atoms with Crippen molar-refractivity contribution in [1.29, 1.82) is 0 Å². The van der Waals surface area contributed by atoms with E-state index in [9.17, 15) is 9.59 Å². The molecule has 0 heterocycles. The molecule has 4 nitrogen and oxygen atoms in total. The monoisotopic (exact) mass is 291 g/mol. The Morgan fingerprint density at radius 1 is 1.19 bits per heavy atom. The minimum Gasteiger partial charge on any atom is -0.480 e. The summed E-state index contributed by atoms with van der Waals surface area (Å²) in [5.41, 5.74) is 2.14. The van der Waals surface area contributed by atoms with Gasteiger partial charge in [0.25, 0.3) is 0 Å². The van der Waals surface area contributed by atoms with Crippen LogP contribution < -0.4 is 0 Å². The van der Waals surface area contributed by atoms with E-state index in [4.69, 9.17) is 5.11 Å². The van der Waals surface area contributed by atoms with Crippen molar-refractivity contribution in [3.05, 3.63) is 35.4 Å². The van der Waals surface area contributed by atoms with E-state index in [1.54, 1.807) is 0 Å². The lowest BCUT2D eigenvalue weighted by Gasteiger charge is -2.25. The molecule has 1 aromatic carbocycles. The molecule has 1 rings (SSSR count). The summed E-state index contributed by atoms with van der Waals surface area (Å²) in [6.45, 7) is 7.65. The number of carboxylic acid groups (broad SMARTS) is 1. The van der Waals surface area contributed by atoms with Crippen molar-refractivity contribution >= 4 is 11.9 Å². The normalized spacial score (nSPS) is 13.8. The Labute approximate surface area is 126 Å². The summed E-state index contributed by atoms with van der Waals surface area (Å²) < 4.78 is 0. The SMILES string of the molecule is CC(C)Cc1cccc(C(C)C(=O)N(C)C(C)C(=O)O)c1. The molecule has 0 spiro atoms. The van der Waals surface area contributed by atoms with E-state index in [0.717, 1.165) is 12.0 Å². The fourth-order valence-corrected chi connectivity index (χ4v) is 2.27. The van der Waals surface area contributed by atoms with E-state index in [2.05, 4.69) is 19.9 Å². The molecule has 0 aliphatic carbocycles. The number of carboxylic acids is 1. The summed E-state index contributed by atoms with van der Waals surface area (Å²) in [5.74, 6) is -0.955. The Morgan fingerprint density at radius 2 is 1.81 bits per heavy atom. The first-order valence-corrected chi connectivity index (χ1v) is 7.32. The van der Waals surface area contributed by atoms with Crippen molar-refractivity contribution in [1.82, 2.24) is 4.90 Å². The van der Waals surface area contributed by atoms with E-state index in [-0.39, 0.29) is 11.8 Å². The molecule has 0 aliphatic heterocycles. The number of rotatable bonds is 6. The molecule has 0 radical (unpaired) electrons. The van der Waals surface area contributed by atoms with Crippen LogP contribution in [-0.2, 0) is 16.0 Å². The number of aliphatic carboxylic acids is 1. The molecule has 0 saturated heterocycles. The fourth-order valence-electron chi connectivity index (χ4n) is 2.27. The molecular formula is C17H25NO3. The average molecular weight is 291 g/mol. The highest BCUT2D eigenvalue weighted by Crippen LogP contribution is 2.21. The van der Waals surface area contributed by atoms with Crippen molar-refractivity contribution in [3.63, 3.8) is 0 Å². The maximum atomic E-state index is 12.4. The smallest absolute Gasteiger partial charge is 0.326 e. The van der Waals surface area contributed by atoms with Gasteiger partial charge in [-0.25, -0.2) is 4.79 Å². The molecule has 2 unspecified atom stereocenters. The number of benzene rings is 1. The molecule has 1 amide bonds. The van der Waals surface area contributed by atoms with E-state index in [1.807, 2.05) is 25.1 Å². The number of likely N-dealkylation sites (N-methyl/N-ethyl adjacent to an activating group) is 1. The Balaban J connectivity index is 2.89. The van der Waals surface area contributed by atoms with Crippen molar-refractivity contribution in [3.8, 4) is 0 Å². The zero-order valence-electron chi connectivity index (χ0n) is 13.5. The van der Waals surface area contributed by atoms with Gasteiger partial charge in [-0.3, -0.25) is 4.79 Å². The van der Waals surface area contributed by atoms with Gasteiger partial charge in [-0.1, -0.05) is 38.1 Å².